The van der Waals surface area contributed by atoms with Crippen molar-refractivity contribution >= 4 is 54.4 Å². The zero-order valence-electron chi connectivity index (χ0n) is 26.2. The van der Waals surface area contributed by atoms with Crippen molar-refractivity contribution in [1.29, 1.82) is 0 Å². The Kier molecular flexibility index (Phi) is 5.91. The molecule has 2 aromatic heterocycles. The maximum atomic E-state index is 2.46. The van der Waals surface area contributed by atoms with E-state index in [1.165, 1.54) is 82.3 Å². The van der Waals surface area contributed by atoms with Crippen LogP contribution in [0.4, 0.5) is 0 Å². The molecule has 0 aliphatic rings. The van der Waals surface area contributed by atoms with Gasteiger partial charge in [-0.15, -0.1) is 0 Å². The highest BCUT2D eigenvalue weighted by Crippen LogP contribution is 2.42. The first-order valence-corrected chi connectivity index (χ1v) is 16.5. The molecule has 0 amide bonds. The highest BCUT2D eigenvalue weighted by atomic mass is 15.0. The lowest BCUT2D eigenvalue weighted by atomic mass is 9.98. The minimum Gasteiger partial charge on any atom is -0.309 e. The summed E-state index contributed by atoms with van der Waals surface area (Å²) in [5.41, 5.74) is 12.0. The zero-order chi connectivity index (χ0) is 31.6. The summed E-state index contributed by atoms with van der Waals surface area (Å²) in [6, 6.07) is 66.2. The van der Waals surface area contributed by atoms with Crippen LogP contribution in [-0.2, 0) is 0 Å². The lowest BCUT2D eigenvalue weighted by Crippen LogP contribution is -1.96. The molecule has 0 aliphatic heterocycles. The monoisotopic (exact) mass is 610 g/mol. The molecule has 0 fully saturated rings. The normalized spacial score (nSPS) is 11.8. The Morgan fingerprint density at radius 1 is 0.271 bits per heavy atom. The van der Waals surface area contributed by atoms with Gasteiger partial charge in [0.25, 0.3) is 0 Å². The Bertz CT molecular complexity index is 2750. The topological polar surface area (TPSA) is 9.86 Å². The molecule has 2 nitrogen and oxygen atoms in total. The first-order valence-electron chi connectivity index (χ1n) is 16.5. The maximum Gasteiger partial charge on any atom is 0.0547 e. The van der Waals surface area contributed by atoms with E-state index in [1.807, 2.05) is 0 Å². The van der Waals surface area contributed by atoms with Crippen molar-refractivity contribution in [3.8, 4) is 33.6 Å². The van der Waals surface area contributed by atoms with E-state index in [0.717, 1.165) is 5.69 Å². The van der Waals surface area contributed by atoms with Crippen molar-refractivity contribution in [2.75, 3.05) is 0 Å². The van der Waals surface area contributed by atoms with Gasteiger partial charge in [0.05, 0.1) is 22.1 Å². The Balaban J connectivity index is 1.30. The molecule has 2 heteroatoms. The summed E-state index contributed by atoms with van der Waals surface area (Å²) >= 11 is 0. The van der Waals surface area contributed by atoms with E-state index in [0.29, 0.717) is 0 Å². The van der Waals surface area contributed by atoms with E-state index >= 15 is 0 Å². The molecule has 0 aliphatic carbocycles. The molecule has 0 spiro atoms. The minimum atomic E-state index is 1.16. The minimum absolute atomic E-state index is 1.16. The van der Waals surface area contributed by atoms with Gasteiger partial charge in [-0.25, -0.2) is 0 Å². The highest BCUT2D eigenvalue weighted by Gasteiger charge is 2.19. The van der Waals surface area contributed by atoms with Crippen LogP contribution in [0.25, 0.3) is 88.0 Å². The predicted molar refractivity (Wildman–Crippen MR) is 203 cm³/mol. The summed E-state index contributed by atoms with van der Waals surface area (Å²) < 4.78 is 4.86. The molecule has 8 aromatic carbocycles. The summed E-state index contributed by atoms with van der Waals surface area (Å²) in [5, 5.41) is 7.59. The number of nitrogens with zero attached hydrogens (tertiary/aromatic N) is 2. The Morgan fingerprint density at radius 2 is 0.812 bits per heavy atom. The number of para-hydroxylation sites is 3. The quantitative estimate of drug-likeness (QED) is 0.188. The summed E-state index contributed by atoms with van der Waals surface area (Å²) in [6.07, 6.45) is 0. The molecule has 48 heavy (non-hydrogen) atoms. The fraction of sp³-hybridized carbons (Fsp3) is 0. The largest absolute Gasteiger partial charge is 0.309 e. The van der Waals surface area contributed by atoms with Crippen molar-refractivity contribution in [3.63, 3.8) is 0 Å². The van der Waals surface area contributed by atoms with Crippen LogP contribution < -0.4 is 0 Å². The summed E-state index contributed by atoms with van der Waals surface area (Å²) in [5.74, 6) is 0. The molecule has 2 heterocycles. The molecule has 0 saturated carbocycles. The van der Waals surface area contributed by atoms with Crippen LogP contribution in [0.15, 0.2) is 182 Å². The third-order valence-electron chi connectivity index (χ3n) is 9.85. The zero-order valence-corrected chi connectivity index (χ0v) is 26.2. The van der Waals surface area contributed by atoms with E-state index in [-0.39, 0.29) is 0 Å². The van der Waals surface area contributed by atoms with Crippen LogP contribution in [-0.4, -0.2) is 9.13 Å². The average Bonchev–Trinajstić information content (AvgIpc) is 3.67. The fourth-order valence-corrected chi connectivity index (χ4v) is 7.72. The van der Waals surface area contributed by atoms with Gasteiger partial charge in [0.2, 0.25) is 0 Å². The van der Waals surface area contributed by atoms with Crippen molar-refractivity contribution < 1.29 is 0 Å². The van der Waals surface area contributed by atoms with Crippen molar-refractivity contribution in [1.82, 2.24) is 9.13 Å². The van der Waals surface area contributed by atoms with E-state index in [1.54, 1.807) is 0 Å². The molecule has 0 saturated heterocycles. The van der Waals surface area contributed by atoms with E-state index in [4.69, 9.17) is 0 Å². The Labute approximate surface area is 278 Å². The summed E-state index contributed by atoms with van der Waals surface area (Å²) in [4.78, 5) is 0. The molecular weight excluding hydrogens is 581 g/mol. The van der Waals surface area contributed by atoms with Crippen molar-refractivity contribution in [2.24, 2.45) is 0 Å². The van der Waals surface area contributed by atoms with Gasteiger partial charge in [-0.05, 0) is 93.7 Å². The number of rotatable bonds is 4. The Morgan fingerprint density at radius 3 is 1.48 bits per heavy atom. The van der Waals surface area contributed by atoms with Gasteiger partial charge in [-0.3, -0.25) is 0 Å². The lowest BCUT2D eigenvalue weighted by molar-refractivity contribution is 1.18. The second-order valence-corrected chi connectivity index (χ2v) is 12.6. The molecule has 224 valence electrons. The second-order valence-electron chi connectivity index (χ2n) is 12.6. The van der Waals surface area contributed by atoms with E-state index < -0.39 is 0 Å². The third-order valence-corrected chi connectivity index (χ3v) is 9.85. The molecule has 0 atom stereocenters. The molecule has 10 aromatic rings. The third kappa shape index (κ3) is 4.06. The van der Waals surface area contributed by atoms with Gasteiger partial charge in [0.1, 0.15) is 0 Å². The number of hydrogen-bond acceptors (Lipinski definition) is 0. The second kappa shape index (κ2) is 10.6. The fourth-order valence-electron chi connectivity index (χ4n) is 7.72. The number of hydrogen-bond donors (Lipinski definition) is 0. The van der Waals surface area contributed by atoms with Gasteiger partial charge in [0.15, 0.2) is 0 Å². The average molecular weight is 611 g/mol. The molecule has 0 radical (unpaired) electrons. The number of aromatic nitrogens is 2. The summed E-state index contributed by atoms with van der Waals surface area (Å²) in [7, 11) is 0. The van der Waals surface area contributed by atoms with Gasteiger partial charge >= 0.3 is 0 Å². The SMILES string of the molecule is c1ccc(-c2cc(-c3ccccc3)cc(-n3c4ccccc4c4cc5c(ccc6c5c5ccccc5n6-c5ccccc5)cc43)c2)cc1. The first-order chi connectivity index (χ1) is 23.8. The number of fused-ring (bicyclic) bond motifs is 8. The van der Waals surface area contributed by atoms with Crippen LogP contribution in [0.5, 0.6) is 0 Å². The number of benzene rings is 8. The van der Waals surface area contributed by atoms with Crippen molar-refractivity contribution in [3.05, 3.63) is 182 Å². The van der Waals surface area contributed by atoms with Crippen LogP contribution in [0.1, 0.15) is 0 Å². The van der Waals surface area contributed by atoms with Gasteiger partial charge in [-0.1, -0.05) is 121 Å². The molecule has 0 bridgehead atoms. The van der Waals surface area contributed by atoms with E-state index in [9.17, 15) is 0 Å². The highest BCUT2D eigenvalue weighted by molar-refractivity contribution is 6.25. The Hall–Kier alpha value is -6.38. The van der Waals surface area contributed by atoms with Gasteiger partial charge in [0, 0.05) is 32.9 Å². The molecule has 0 unspecified atom stereocenters. The molecular formula is C46H30N2. The maximum absolute atomic E-state index is 2.46. The summed E-state index contributed by atoms with van der Waals surface area (Å²) in [6.45, 7) is 0. The first kappa shape index (κ1) is 26.8. The molecule has 0 N–H and O–H groups in total. The van der Waals surface area contributed by atoms with Crippen molar-refractivity contribution in [2.45, 2.75) is 0 Å². The van der Waals surface area contributed by atoms with Crippen LogP contribution >= 0.6 is 0 Å². The van der Waals surface area contributed by atoms with E-state index in [2.05, 4.69) is 191 Å². The lowest BCUT2D eigenvalue weighted by Gasteiger charge is -2.14. The van der Waals surface area contributed by atoms with Crippen LogP contribution in [0.3, 0.4) is 0 Å². The van der Waals surface area contributed by atoms with Crippen LogP contribution in [0.2, 0.25) is 0 Å². The molecule has 10 rings (SSSR count). The smallest absolute Gasteiger partial charge is 0.0547 e. The standard InChI is InChI=1S/C46H30N2/c1-4-14-31(15-5-1)34-26-35(32-16-6-2-7-17-32)28-37(27-34)48-42-22-12-10-20-38(42)41-30-40-33(29-45(41)48)24-25-44-46(40)39-21-11-13-23-43(39)47(44)36-18-8-3-9-19-36/h1-30H. The van der Waals surface area contributed by atoms with Gasteiger partial charge < -0.3 is 9.13 Å². The van der Waals surface area contributed by atoms with Crippen LogP contribution in [0, 0.1) is 0 Å². The predicted octanol–water partition coefficient (Wildman–Crippen LogP) is 12.4. The van der Waals surface area contributed by atoms with Gasteiger partial charge in [-0.2, -0.15) is 0 Å².